The van der Waals surface area contributed by atoms with E-state index in [0.717, 1.165) is 36.1 Å². The summed E-state index contributed by atoms with van der Waals surface area (Å²) in [6.07, 6.45) is 0.533. The molecule has 1 aliphatic rings. The fraction of sp³-hybridized carbons (Fsp3) is 0.381. The van der Waals surface area contributed by atoms with Gasteiger partial charge in [0, 0.05) is 53.0 Å². The van der Waals surface area contributed by atoms with Crippen molar-refractivity contribution in [2.45, 2.75) is 29.9 Å². The molecule has 1 aliphatic heterocycles. The van der Waals surface area contributed by atoms with E-state index in [4.69, 9.17) is 11.6 Å². The Bertz CT molecular complexity index is 725. The van der Waals surface area contributed by atoms with Gasteiger partial charge in [0.25, 0.3) is 0 Å². The highest BCUT2D eigenvalue weighted by molar-refractivity contribution is 8.00. The summed E-state index contributed by atoms with van der Waals surface area (Å²) in [6.45, 7) is 7.61. The Morgan fingerprint density at radius 1 is 1.00 bits per heavy atom. The number of halogens is 1. The molecule has 1 saturated heterocycles. The minimum absolute atomic E-state index is 0.151. The monoisotopic (exact) mass is 388 g/mol. The van der Waals surface area contributed by atoms with Crippen molar-refractivity contribution >= 4 is 35.0 Å². The van der Waals surface area contributed by atoms with Crippen LogP contribution in [0.15, 0.2) is 59.5 Å². The van der Waals surface area contributed by atoms with Gasteiger partial charge in [0.2, 0.25) is 5.91 Å². The molecule has 0 aliphatic carbocycles. The van der Waals surface area contributed by atoms with Crippen LogP contribution in [0.3, 0.4) is 0 Å². The first-order valence-corrected chi connectivity index (χ1v) is 10.1. The van der Waals surface area contributed by atoms with Crippen molar-refractivity contribution in [2.24, 2.45) is 0 Å². The van der Waals surface area contributed by atoms with Crippen LogP contribution in [0.4, 0.5) is 5.69 Å². The predicted molar refractivity (Wildman–Crippen MR) is 111 cm³/mol. The van der Waals surface area contributed by atoms with E-state index < -0.39 is 0 Å². The van der Waals surface area contributed by atoms with Crippen LogP contribution >= 0.6 is 23.4 Å². The molecule has 2 aromatic rings. The molecule has 0 bridgehead atoms. The Morgan fingerprint density at radius 3 is 2.23 bits per heavy atom. The van der Waals surface area contributed by atoms with Crippen LogP contribution in [-0.4, -0.2) is 41.7 Å². The van der Waals surface area contributed by atoms with Crippen LogP contribution < -0.4 is 4.90 Å². The number of piperazine rings is 1. The van der Waals surface area contributed by atoms with Crippen LogP contribution in [0.25, 0.3) is 0 Å². The predicted octanol–water partition coefficient (Wildman–Crippen LogP) is 4.95. The first-order valence-electron chi connectivity index (χ1n) is 8.95. The van der Waals surface area contributed by atoms with Gasteiger partial charge in [0.05, 0.1) is 0 Å². The number of anilines is 1. The van der Waals surface area contributed by atoms with E-state index in [0.29, 0.717) is 6.42 Å². The Hall–Kier alpha value is -1.65. The molecule has 0 spiro atoms. The normalized spacial score (nSPS) is 15.2. The number of carbonyl (C=O) groups is 1. The number of nitrogens with zero attached hydrogens (tertiary/aromatic N) is 2. The Kier molecular flexibility index (Phi) is 6.15. The average Bonchev–Trinajstić information content (AvgIpc) is 2.64. The Labute approximate surface area is 165 Å². The molecule has 3 nitrogen and oxygen atoms in total. The molecular formula is C21H25ClN2OS. The van der Waals surface area contributed by atoms with Crippen LogP contribution in [0, 0.1) is 0 Å². The smallest absolute Gasteiger partial charge is 0.224 e. The Balaban J connectivity index is 1.52. The average molecular weight is 389 g/mol. The second-order valence-corrected chi connectivity index (χ2v) is 9.41. The summed E-state index contributed by atoms with van der Waals surface area (Å²) in [5.74, 6) is 0.240. The maximum Gasteiger partial charge on any atom is 0.224 e. The van der Waals surface area contributed by atoms with E-state index in [2.05, 4.69) is 43.0 Å². The molecular weight excluding hydrogens is 364 g/mol. The number of hydrogen-bond acceptors (Lipinski definition) is 3. The minimum Gasteiger partial charge on any atom is -0.368 e. The zero-order valence-corrected chi connectivity index (χ0v) is 16.9. The summed E-state index contributed by atoms with van der Waals surface area (Å²) < 4.78 is -0.151. The molecule has 1 fully saturated rings. The summed E-state index contributed by atoms with van der Waals surface area (Å²) in [5.41, 5.74) is 1.23. The molecule has 26 heavy (non-hydrogen) atoms. The fourth-order valence-electron chi connectivity index (χ4n) is 3.19. The second kappa shape index (κ2) is 8.36. The number of para-hydroxylation sites is 1. The van der Waals surface area contributed by atoms with Crippen LogP contribution in [0.2, 0.25) is 5.02 Å². The maximum atomic E-state index is 12.8. The largest absolute Gasteiger partial charge is 0.368 e. The van der Waals surface area contributed by atoms with Crippen molar-refractivity contribution in [2.75, 3.05) is 31.1 Å². The molecule has 0 N–H and O–H groups in total. The van der Waals surface area contributed by atoms with Gasteiger partial charge in [-0.3, -0.25) is 4.79 Å². The van der Waals surface area contributed by atoms with Crippen molar-refractivity contribution in [1.29, 1.82) is 0 Å². The zero-order valence-electron chi connectivity index (χ0n) is 15.3. The quantitative estimate of drug-likeness (QED) is 0.677. The molecule has 0 atom stereocenters. The molecule has 1 amide bonds. The van der Waals surface area contributed by atoms with Gasteiger partial charge < -0.3 is 9.80 Å². The molecule has 138 valence electrons. The van der Waals surface area contributed by atoms with Gasteiger partial charge in [-0.2, -0.15) is 0 Å². The minimum atomic E-state index is -0.151. The standard InChI is InChI=1S/C21H25ClN2OS/c1-21(2,26-19-10-8-17(22)9-11-19)16-20(25)24-14-12-23(13-15-24)18-6-4-3-5-7-18/h3-11H,12-16H2,1-2H3. The van der Waals surface area contributed by atoms with E-state index in [1.807, 2.05) is 35.2 Å². The summed E-state index contributed by atoms with van der Waals surface area (Å²) >= 11 is 7.68. The van der Waals surface area contributed by atoms with Crippen LogP contribution in [0.5, 0.6) is 0 Å². The lowest BCUT2D eigenvalue weighted by Crippen LogP contribution is -2.49. The topological polar surface area (TPSA) is 23.6 Å². The zero-order chi connectivity index (χ0) is 18.6. The third-order valence-electron chi connectivity index (χ3n) is 4.54. The number of carbonyl (C=O) groups excluding carboxylic acids is 1. The van der Waals surface area contributed by atoms with Crippen LogP contribution in [-0.2, 0) is 4.79 Å². The summed E-state index contributed by atoms with van der Waals surface area (Å²) in [7, 11) is 0. The van der Waals surface area contributed by atoms with Crippen LogP contribution in [0.1, 0.15) is 20.3 Å². The molecule has 0 saturated carbocycles. The first kappa shape index (κ1) is 19.1. The number of rotatable bonds is 5. The number of thioether (sulfide) groups is 1. The van der Waals surface area contributed by atoms with Gasteiger partial charge in [-0.15, -0.1) is 11.8 Å². The SMILES string of the molecule is CC(C)(CC(=O)N1CCN(c2ccccc2)CC1)Sc1ccc(Cl)cc1. The molecule has 0 radical (unpaired) electrons. The molecule has 5 heteroatoms. The van der Waals surface area contributed by atoms with Crippen molar-refractivity contribution in [1.82, 2.24) is 4.90 Å². The third kappa shape index (κ3) is 5.18. The number of hydrogen-bond donors (Lipinski definition) is 0. The van der Waals surface area contributed by atoms with Gasteiger partial charge >= 0.3 is 0 Å². The van der Waals surface area contributed by atoms with E-state index in [-0.39, 0.29) is 10.7 Å². The Morgan fingerprint density at radius 2 is 1.62 bits per heavy atom. The lowest BCUT2D eigenvalue weighted by Gasteiger charge is -2.37. The van der Waals surface area contributed by atoms with Crippen molar-refractivity contribution in [3.05, 3.63) is 59.6 Å². The lowest BCUT2D eigenvalue weighted by atomic mass is 10.1. The first-order chi connectivity index (χ1) is 12.4. The van der Waals surface area contributed by atoms with E-state index in [9.17, 15) is 4.79 Å². The highest BCUT2D eigenvalue weighted by atomic mass is 35.5. The van der Waals surface area contributed by atoms with E-state index in [1.165, 1.54) is 5.69 Å². The number of benzene rings is 2. The highest BCUT2D eigenvalue weighted by Gasteiger charge is 2.28. The fourth-order valence-corrected chi connectivity index (χ4v) is 4.42. The van der Waals surface area contributed by atoms with Gasteiger partial charge in [0.1, 0.15) is 0 Å². The maximum absolute atomic E-state index is 12.8. The van der Waals surface area contributed by atoms with Crippen molar-refractivity contribution in [3.8, 4) is 0 Å². The molecule has 0 aromatic heterocycles. The van der Waals surface area contributed by atoms with Gasteiger partial charge in [-0.05, 0) is 50.2 Å². The van der Waals surface area contributed by atoms with Gasteiger partial charge in [-0.1, -0.05) is 29.8 Å². The van der Waals surface area contributed by atoms with Crippen molar-refractivity contribution in [3.63, 3.8) is 0 Å². The molecule has 2 aromatic carbocycles. The summed E-state index contributed by atoms with van der Waals surface area (Å²) in [5, 5.41) is 0.736. The van der Waals surface area contributed by atoms with Crippen molar-refractivity contribution < 1.29 is 4.79 Å². The molecule has 1 heterocycles. The molecule has 0 unspecified atom stereocenters. The molecule has 3 rings (SSSR count). The summed E-state index contributed by atoms with van der Waals surface area (Å²) in [4.78, 5) is 18.3. The van der Waals surface area contributed by atoms with Gasteiger partial charge in [0.15, 0.2) is 0 Å². The summed E-state index contributed by atoms with van der Waals surface area (Å²) in [6, 6.07) is 18.2. The van der Waals surface area contributed by atoms with E-state index >= 15 is 0 Å². The lowest BCUT2D eigenvalue weighted by molar-refractivity contribution is -0.131. The third-order valence-corrected chi connectivity index (χ3v) is 6.00. The highest BCUT2D eigenvalue weighted by Crippen LogP contribution is 2.36. The number of amides is 1. The van der Waals surface area contributed by atoms with E-state index in [1.54, 1.807) is 11.8 Å². The van der Waals surface area contributed by atoms with Gasteiger partial charge in [-0.25, -0.2) is 0 Å². The second-order valence-electron chi connectivity index (χ2n) is 7.20.